The van der Waals surface area contributed by atoms with Gasteiger partial charge in [0.2, 0.25) is 0 Å². The predicted molar refractivity (Wildman–Crippen MR) is 66.6 cm³/mol. The lowest BCUT2D eigenvalue weighted by molar-refractivity contribution is 0.0510. The Morgan fingerprint density at radius 2 is 2.47 bits per heavy atom. The molecule has 1 aliphatic rings. The van der Waals surface area contributed by atoms with E-state index in [1.165, 1.54) is 19.4 Å². The molecule has 2 rings (SSSR count). The molecule has 4 heteroatoms. The zero-order valence-corrected chi connectivity index (χ0v) is 10.4. The summed E-state index contributed by atoms with van der Waals surface area (Å²) in [6, 6.07) is 0. The average Bonchev–Trinajstić information content (AvgIpc) is 2.41. The molecule has 0 amide bonds. The smallest absolute Gasteiger partial charge is 0.0982 e. The highest BCUT2D eigenvalue weighted by molar-refractivity contribution is 4.97. The fraction of sp³-hybridized carbons (Fsp3) is 0.692. The molecule has 0 aliphatic carbocycles. The van der Waals surface area contributed by atoms with E-state index in [-0.39, 0.29) is 6.10 Å². The molecule has 0 bridgehead atoms. The third-order valence-corrected chi connectivity index (χ3v) is 3.29. The Kier molecular flexibility index (Phi) is 4.88. The van der Waals surface area contributed by atoms with E-state index in [1.54, 1.807) is 18.6 Å². The van der Waals surface area contributed by atoms with Crippen LogP contribution >= 0.6 is 0 Å². The van der Waals surface area contributed by atoms with Crippen molar-refractivity contribution < 1.29 is 4.74 Å². The van der Waals surface area contributed by atoms with Crippen LogP contribution in [0.1, 0.15) is 38.0 Å². The first-order valence-electron chi connectivity index (χ1n) is 6.44. The number of ether oxygens (including phenoxy) is 1. The Labute approximate surface area is 103 Å². The van der Waals surface area contributed by atoms with Crippen LogP contribution in [-0.2, 0) is 4.74 Å². The lowest BCUT2D eigenvalue weighted by Crippen LogP contribution is -2.30. The summed E-state index contributed by atoms with van der Waals surface area (Å²) in [5.74, 6) is 0.776. The number of hydrogen-bond acceptors (Lipinski definition) is 4. The van der Waals surface area contributed by atoms with Crippen LogP contribution in [0.4, 0.5) is 0 Å². The molecule has 1 aliphatic heterocycles. The molecule has 2 unspecified atom stereocenters. The van der Waals surface area contributed by atoms with Crippen molar-refractivity contribution in [3.8, 4) is 0 Å². The number of nitrogens with zero attached hydrogens (tertiary/aromatic N) is 2. The Morgan fingerprint density at radius 3 is 3.18 bits per heavy atom. The van der Waals surface area contributed by atoms with E-state index in [0.29, 0.717) is 0 Å². The Bertz CT molecular complexity index is 312. The zero-order valence-electron chi connectivity index (χ0n) is 10.4. The molecule has 1 aromatic heterocycles. The van der Waals surface area contributed by atoms with Gasteiger partial charge in [-0.05, 0) is 45.2 Å². The predicted octanol–water partition coefficient (Wildman–Crippen LogP) is 1.94. The van der Waals surface area contributed by atoms with Crippen molar-refractivity contribution in [3.63, 3.8) is 0 Å². The van der Waals surface area contributed by atoms with Crippen molar-refractivity contribution in [2.75, 3.05) is 19.7 Å². The number of rotatable bonds is 5. The summed E-state index contributed by atoms with van der Waals surface area (Å²) in [6.45, 7) is 5.16. The Hall–Kier alpha value is -1.00. The average molecular weight is 235 g/mol. The summed E-state index contributed by atoms with van der Waals surface area (Å²) in [5.41, 5.74) is 0.911. The lowest BCUT2D eigenvalue weighted by Gasteiger charge is -2.23. The first-order chi connectivity index (χ1) is 8.36. The molecular formula is C13H21N3O. The molecule has 0 spiro atoms. The molecule has 1 aromatic rings. The van der Waals surface area contributed by atoms with Gasteiger partial charge in [0.05, 0.1) is 18.0 Å². The summed E-state index contributed by atoms with van der Waals surface area (Å²) in [6.07, 6.45) is 8.97. The molecule has 0 aromatic carbocycles. The van der Waals surface area contributed by atoms with E-state index in [4.69, 9.17) is 4.74 Å². The molecule has 1 N–H and O–H groups in total. The second kappa shape index (κ2) is 6.67. The van der Waals surface area contributed by atoms with Gasteiger partial charge in [-0.2, -0.15) is 0 Å². The van der Waals surface area contributed by atoms with Crippen LogP contribution in [0, 0.1) is 5.92 Å². The topological polar surface area (TPSA) is 47.0 Å². The van der Waals surface area contributed by atoms with Crippen LogP contribution in [0.15, 0.2) is 18.6 Å². The quantitative estimate of drug-likeness (QED) is 0.847. The van der Waals surface area contributed by atoms with Gasteiger partial charge in [0.25, 0.3) is 0 Å². The van der Waals surface area contributed by atoms with Crippen LogP contribution in [-0.4, -0.2) is 29.7 Å². The fourth-order valence-corrected chi connectivity index (χ4v) is 2.19. The van der Waals surface area contributed by atoms with Crippen LogP contribution in [0.25, 0.3) is 0 Å². The van der Waals surface area contributed by atoms with E-state index >= 15 is 0 Å². The van der Waals surface area contributed by atoms with Crippen molar-refractivity contribution in [1.29, 1.82) is 0 Å². The van der Waals surface area contributed by atoms with Gasteiger partial charge in [-0.3, -0.25) is 9.97 Å². The summed E-state index contributed by atoms with van der Waals surface area (Å²) in [7, 11) is 0. The van der Waals surface area contributed by atoms with E-state index in [9.17, 15) is 0 Å². The molecule has 17 heavy (non-hydrogen) atoms. The van der Waals surface area contributed by atoms with Gasteiger partial charge in [0.15, 0.2) is 0 Å². The molecule has 2 atom stereocenters. The monoisotopic (exact) mass is 235 g/mol. The van der Waals surface area contributed by atoms with Gasteiger partial charge in [0.1, 0.15) is 0 Å². The maximum atomic E-state index is 5.80. The minimum absolute atomic E-state index is 0.0419. The molecule has 1 saturated heterocycles. The summed E-state index contributed by atoms with van der Waals surface area (Å²) in [4.78, 5) is 8.30. The molecule has 2 heterocycles. The summed E-state index contributed by atoms with van der Waals surface area (Å²) in [5, 5.41) is 3.43. The minimum atomic E-state index is 0.0419. The van der Waals surface area contributed by atoms with E-state index < -0.39 is 0 Å². The van der Waals surface area contributed by atoms with Gasteiger partial charge < -0.3 is 10.1 Å². The highest BCUT2D eigenvalue weighted by Gasteiger charge is 2.13. The van der Waals surface area contributed by atoms with Crippen molar-refractivity contribution >= 4 is 0 Å². The second-order valence-electron chi connectivity index (χ2n) is 4.64. The molecule has 0 radical (unpaired) electrons. The largest absolute Gasteiger partial charge is 0.372 e. The number of piperidine rings is 1. The van der Waals surface area contributed by atoms with Crippen molar-refractivity contribution in [3.05, 3.63) is 24.3 Å². The van der Waals surface area contributed by atoms with Gasteiger partial charge >= 0.3 is 0 Å². The molecule has 0 saturated carbocycles. The van der Waals surface area contributed by atoms with Crippen LogP contribution in [0.3, 0.4) is 0 Å². The minimum Gasteiger partial charge on any atom is -0.372 e. The standard InChI is InChI=1S/C13H21N3O/c1-11(13-10-15-6-7-16-13)17-8-4-12-3-2-5-14-9-12/h6-7,10-12,14H,2-5,8-9H2,1H3. The maximum Gasteiger partial charge on any atom is 0.0982 e. The van der Waals surface area contributed by atoms with Gasteiger partial charge in [-0.1, -0.05) is 0 Å². The van der Waals surface area contributed by atoms with E-state index in [1.807, 2.05) is 6.92 Å². The van der Waals surface area contributed by atoms with Crippen molar-refractivity contribution in [2.24, 2.45) is 5.92 Å². The summed E-state index contributed by atoms with van der Waals surface area (Å²) < 4.78 is 5.80. The van der Waals surface area contributed by atoms with Gasteiger partial charge in [-0.15, -0.1) is 0 Å². The van der Waals surface area contributed by atoms with Gasteiger partial charge in [-0.25, -0.2) is 0 Å². The third-order valence-electron chi connectivity index (χ3n) is 3.29. The number of aromatic nitrogens is 2. The number of nitrogens with one attached hydrogen (secondary N) is 1. The molecule has 1 fully saturated rings. The van der Waals surface area contributed by atoms with E-state index in [2.05, 4.69) is 15.3 Å². The Balaban J connectivity index is 1.67. The first kappa shape index (κ1) is 12.5. The maximum absolute atomic E-state index is 5.80. The molecule has 94 valence electrons. The van der Waals surface area contributed by atoms with Crippen molar-refractivity contribution in [2.45, 2.75) is 32.3 Å². The van der Waals surface area contributed by atoms with Crippen molar-refractivity contribution in [1.82, 2.24) is 15.3 Å². The van der Waals surface area contributed by atoms with E-state index in [0.717, 1.165) is 31.2 Å². The highest BCUT2D eigenvalue weighted by Crippen LogP contribution is 2.17. The first-order valence-corrected chi connectivity index (χ1v) is 6.44. The van der Waals surface area contributed by atoms with Gasteiger partial charge in [0, 0.05) is 19.0 Å². The number of hydrogen-bond donors (Lipinski definition) is 1. The zero-order chi connectivity index (χ0) is 11.9. The summed E-state index contributed by atoms with van der Waals surface area (Å²) >= 11 is 0. The Morgan fingerprint density at radius 1 is 1.53 bits per heavy atom. The molecular weight excluding hydrogens is 214 g/mol. The second-order valence-corrected chi connectivity index (χ2v) is 4.64. The highest BCUT2D eigenvalue weighted by atomic mass is 16.5. The molecule has 4 nitrogen and oxygen atoms in total. The fourth-order valence-electron chi connectivity index (χ4n) is 2.19. The SMILES string of the molecule is CC(OCCC1CCCNC1)c1cnccn1. The lowest BCUT2D eigenvalue weighted by atomic mass is 9.97. The normalized spacial score (nSPS) is 22.3. The van der Waals surface area contributed by atoms with Crippen LogP contribution in [0.2, 0.25) is 0 Å². The van der Waals surface area contributed by atoms with Crippen LogP contribution < -0.4 is 5.32 Å². The third kappa shape index (κ3) is 4.06. The van der Waals surface area contributed by atoms with Crippen LogP contribution in [0.5, 0.6) is 0 Å².